The van der Waals surface area contributed by atoms with Crippen LogP contribution in [-0.2, 0) is 0 Å². The van der Waals surface area contributed by atoms with Gasteiger partial charge in [0.05, 0.1) is 45.6 Å². The molecule has 0 fully saturated rings. The van der Waals surface area contributed by atoms with E-state index in [-0.39, 0.29) is 11.5 Å². The number of nitrogens with zero attached hydrogens (tertiary/aromatic N) is 4. The summed E-state index contributed by atoms with van der Waals surface area (Å²) in [5.41, 5.74) is 13.8. The zero-order valence-corrected chi connectivity index (χ0v) is 31.0. The zero-order valence-electron chi connectivity index (χ0n) is 31.0. The fourth-order valence-corrected chi connectivity index (χ4v) is 8.39. The van der Waals surface area contributed by atoms with Crippen molar-refractivity contribution in [1.29, 1.82) is 0 Å². The Morgan fingerprint density at radius 2 is 0.603 bits per heavy atom. The molecular weight excluding hydrogens is 713 g/mol. The molecule has 6 aromatic carbocycles. The van der Waals surface area contributed by atoms with Crippen LogP contribution in [0.1, 0.15) is 22.3 Å². The van der Waals surface area contributed by atoms with Gasteiger partial charge in [0.15, 0.2) is 11.5 Å². The van der Waals surface area contributed by atoms with E-state index in [1.54, 1.807) is 0 Å². The number of hydrogen-bond acceptors (Lipinski definition) is 6. The summed E-state index contributed by atoms with van der Waals surface area (Å²) in [6.45, 7) is 0. The standard InChI is InChI=1S/C52H32N4O2/c57-51-36-19-11-10-18-35(36)38-30-34(20-21-37(38)52(51)58)50-45-28-26-43(55-45)48(32-14-6-2-7-15-32)41-24-22-39(53-41)47(31-12-4-1-5-13-31)40-23-25-42(54-40)49(33-16-8-3-9-17-33)44-27-29-46(50)56-44/h1-30,57-58H. The van der Waals surface area contributed by atoms with Gasteiger partial charge < -0.3 is 10.2 Å². The third kappa shape index (κ3) is 5.42. The smallest absolute Gasteiger partial charge is 0.166 e. The van der Waals surface area contributed by atoms with Gasteiger partial charge in [-0.15, -0.1) is 0 Å². The van der Waals surface area contributed by atoms with E-state index >= 15 is 0 Å². The predicted octanol–water partition coefficient (Wildman–Crippen LogP) is 11.4. The van der Waals surface area contributed by atoms with Gasteiger partial charge in [-0.25, -0.2) is 20.0 Å². The highest BCUT2D eigenvalue weighted by molar-refractivity contribution is 6.39. The maximum atomic E-state index is 11.2. The first-order chi connectivity index (χ1) is 28.6. The van der Waals surface area contributed by atoms with E-state index in [9.17, 15) is 10.2 Å². The largest absolute Gasteiger partial charge is 0.504 e. The molecule has 58 heavy (non-hydrogen) atoms. The molecule has 6 nitrogen and oxygen atoms in total. The average molecular weight is 745 g/mol. The number of aromatic hydroxyl groups is 2. The monoisotopic (exact) mass is 744 g/mol. The molecule has 0 saturated heterocycles. The SMILES string of the molecule is Oc1c(O)c2ccc(C3=C4C=CC(=N4)C(c4ccccc4)=C4C=CC(=N4)C(c4ccccc4)=C4C=CC(=N4)C(c4ccccc4)=C4C=CC3=N4)cc2c2ccccc12. The van der Waals surface area contributed by atoms with E-state index in [4.69, 9.17) is 20.0 Å². The zero-order chi connectivity index (χ0) is 38.7. The molecule has 0 saturated carbocycles. The lowest BCUT2D eigenvalue weighted by Crippen LogP contribution is -2.03. The number of allylic oxidation sites excluding steroid dienone is 12. The summed E-state index contributed by atoms with van der Waals surface area (Å²) in [4.78, 5) is 21.5. The summed E-state index contributed by atoms with van der Waals surface area (Å²) in [5, 5.41) is 24.9. The number of phenolic OH excluding ortho intramolecular Hbond substituents is 2. The first kappa shape index (κ1) is 33.4. The number of hydrogen-bond donors (Lipinski definition) is 2. The van der Waals surface area contributed by atoms with Crippen molar-refractivity contribution in [1.82, 2.24) is 0 Å². The quantitative estimate of drug-likeness (QED) is 0.139. The Morgan fingerprint density at radius 3 is 1.00 bits per heavy atom. The number of aliphatic imine (C=N–C) groups is 4. The second kappa shape index (κ2) is 13.4. The van der Waals surface area contributed by atoms with Crippen molar-refractivity contribution in [2.24, 2.45) is 20.0 Å². The summed E-state index contributed by atoms with van der Waals surface area (Å²) in [5.74, 6) is -0.279. The van der Waals surface area contributed by atoms with E-state index in [1.807, 2.05) is 91.0 Å². The van der Waals surface area contributed by atoms with Crippen LogP contribution in [0.3, 0.4) is 0 Å². The van der Waals surface area contributed by atoms with Gasteiger partial charge in [-0.1, -0.05) is 121 Å². The molecular formula is C52H32N4O2. The van der Waals surface area contributed by atoms with Crippen LogP contribution in [0.2, 0.25) is 0 Å². The van der Waals surface area contributed by atoms with E-state index in [0.717, 1.165) is 101 Å². The van der Waals surface area contributed by atoms with Crippen LogP contribution in [0.4, 0.5) is 0 Å². The topological polar surface area (TPSA) is 89.9 Å². The third-order valence-corrected chi connectivity index (χ3v) is 11.1. The molecule has 272 valence electrons. The molecule has 0 atom stereocenters. The molecule has 6 heteroatoms. The molecule has 8 bridgehead atoms. The molecule has 0 radical (unpaired) electrons. The minimum Gasteiger partial charge on any atom is -0.504 e. The number of phenols is 2. The summed E-state index contributed by atoms with van der Waals surface area (Å²) in [6, 6.07) is 44.3. The molecule has 5 heterocycles. The Hall–Kier alpha value is -7.96. The second-order valence-electron chi connectivity index (χ2n) is 14.5. The highest BCUT2D eigenvalue weighted by atomic mass is 16.3. The van der Waals surface area contributed by atoms with E-state index in [2.05, 4.69) is 91.1 Å². The highest BCUT2D eigenvalue weighted by Crippen LogP contribution is 2.44. The van der Waals surface area contributed by atoms with Gasteiger partial charge in [0.1, 0.15) is 0 Å². The summed E-state index contributed by atoms with van der Waals surface area (Å²) < 4.78 is 0. The van der Waals surface area contributed by atoms with E-state index < -0.39 is 0 Å². The summed E-state index contributed by atoms with van der Waals surface area (Å²) >= 11 is 0. The molecule has 6 aromatic rings. The van der Waals surface area contributed by atoms with Gasteiger partial charge in [-0.05, 0) is 93.8 Å². The maximum absolute atomic E-state index is 11.2. The fourth-order valence-electron chi connectivity index (χ4n) is 8.39. The van der Waals surface area contributed by atoms with Gasteiger partial charge in [-0.3, -0.25) is 0 Å². The molecule has 0 spiro atoms. The van der Waals surface area contributed by atoms with Crippen LogP contribution in [0, 0.1) is 0 Å². The van der Waals surface area contributed by atoms with E-state index in [1.165, 1.54) is 0 Å². The Morgan fingerprint density at radius 1 is 0.276 bits per heavy atom. The van der Waals surface area contributed by atoms with E-state index in [0.29, 0.717) is 10.8 Å². The van der Waals surface area contributed by atoms with Crippen molar-refractivity contribution in [3.05, 3.63) is 227 Å². The first-order valence-corrected chi connectivity index (χ1v) is 19.2. The molecule has 5 aliphatic heterocycles. The lowest BCUT2D eigenvalue weighted by molar-refractivity contribution is 0.412. The van der Waals surface area contributed by atoms with Crippen LogP contribution in [0.15, 0.2) is 225 Å². The lowest BCUT2D eigenvalue weighted by atomic mass is 9.93. The summed E-state index contributed by atoms with van der Waals surface area (Å²) in [6.07, 6.45) is 16.5. The van der Waals surface area contributed by atoms with Crippen molar-refractivity contribution in [2.45, 2.75) is 0 Å². The Kier molecular flexibility index (Phi) is 7.69. The van der Waals surface area contributed by atoms with Crippen LogP contribution >= 0.6 is 0 Å². The van der Waals surface area contributed by atoms with Crippen molar-refractivity contribution in [3.63, 3.8) is 0 Å². The van der Waals surface area contributed by atoms with Crippen molar-refractivity contribution in [2.75, 3.05) is 0 Å². The highest BCUT2D eigenvalue weighted by Gasteiger charge is 2.28. The molecule has 11 rings (SSSR count). The van der Waals surface area contributed by atoms with Crippen LogP contribution in [0.5, 0.6) is 11.5 Å². The van der Waals surface area contributed by atoms with Crippen LogP contribution in [-0.4, -0.2) is 33.1 Å². The fraction of sp³-hybridized carbons (Fsp3) is 0. The average Bonchev–Trinajstić information content (AvgIpc) is 4.12. The summed E-state index contributed by atoms with van der Waals surface area (Å²) in [7, 11) is 0. The Balaban J connectivity index is 1.22. The first-order valence-electron chi connectivity index (χ1n) is 19.2. The lowest BCUT2D eigenvalue weighted by Gasteiger charge is -2.14. The molecule has 0 amide bonds. The Labute approximate surface area is 334 Å². The minimum absolute atomic E-state index is 0.132. The minimum atomic E-state index is -0.148. The van der Waals surface area contributed by atoms with Crippen molar-refractivity contribution >= 4 is 66.7 Å². The third-order valence-electron chi connectivity index (χ3n) is 11.1. The number of benzene rings is 6. The molecule has 0 unspecified atom stereocenters. The van der Waals surface area contributed by atoms with Gasteiger partial charge in [0, 0.05) is 33.1 Å². The van der Waals surface area contributed by atoms with Crippen LogP contribution < -0.4 is 0 Å². The van der Waals surface area contributed by atoms with Crippen molar-refractivity contribution < 1.29 is 10.2 Å². The molecule has 5 aliphatic rings. The van der Waals surface area contributed by atoms with Gasteiger partial charge >= 0.3 is 0 Å². The van der Waals surface area contributed by atoms with Crippen molar-refractivity contribution in [3.8, 4) is 11.5 Å². The molecule has 0 aliphatic carbocycles. The number of rotatable bonds is 4. The predicted molar refractivity (Wildman–Crippen MR) is 238 cm³/mol. The molecule has 0 aromatic heterocycles. The Bertz CT molecular complexity index is 3150. The normalized spacial score (nSPS) is 17.0. The molecule has 2 N–H and O–H groups in total. The second-order valence-corrected chi connectivity index (χ2v) is 14.5. The van der Waals surface area contributed by atoms with Gasteiger partial charge in [0.2, 0.25) is 0 Å². The maximum Gasteiger partial charge on any atom is 0.166 e. The van der Waals surface area contributed by atoms with Gasteiger partial charge in [-0.2, -0.15) is 0 Å². The van der Waals surface area contributed by atoms with Gasteiger partial charge in [0.25, 0.3) is 0 Å². The van der Waals surface area contributed by atoms with Crippen LogP contribution in [0.25, 0.3) is 43.8 Å². The number of fused-ring (bicyclic) bond motifs is 7.